The van der Waals surface area contributed by atoms with Crippen molar-refractivity contribution in [1.29, 1.82) is 0 Å². The number of carbonyl (C=O) groups is 2. The normalized spacial score (nSPS) is 13.9. The molecule has 5 nitrogen and oxygen atoms in total. The van der Waals surface area contributed by atoms with Gasteiger partial charge in [0, 0.05) is 11.6 Å². The first-order chi connectivity index (χ1) is 11.1. The highest BCUT2D eigenvalue weighted by Crippen LogP contribution is 2.36. The van der Waals surface area contributed by atoms with E-state index in [4.69, 9.17) is 4.74 Å². The van der Waals surface area contributed by atoms with Crippen LogP contribution in [0.25, 0.3) is 0 Å². The van der Waals surface area contributed by atoms with Crippen LogP contribution in [0.4, 0.5) is 13.2 Å². The number of benzene rings is 1. The number of halogens is 3. The topological polar surface area (TPSA) is 75.6 Å². The number of amides is 1. The maximum absolute atomic E-state index is 12.7. The largest absolute Gasteiger partial charge is 0.507 e. The summed E-state index contributed by atoms with van der Waals surface area (Å²) >= 11 is 0. The maximum atomic E-state index is 12.7. The molecule has 24 heavy (non-hydrogen) atoms. The van der Waals surface area contributed by atoms with Crippen LogP contribution in [0.15, 0.2) is 18.2 Å². The predicted molar refractivity (Wildman–Crippen MR) is 80.5 cm³/mol. The third-order valence-corrected chi connectivity index (χ3v) is 3.34. The molecule has 0 aliphatic carbocycles. The molecule has 1 aromatic carbocycles. The zero-order valence-electron chi connectivity index (χ0n) is 13.6. The summed E-state index contributed by atoms with van der Waals surface area (Å²) in [6.07, 6.45) is -4.47. The first kappa shape index (κ1) is 19.8. The van der Waals surface area contributed by atoms with E-state index in [-0.39, 0.29) is 18.6 Å². The third kappa shape index (κ3) is 5.43. The summed E-state index contributed by atoms with van der Waals surface area (Å²) in [7, 11) is 0. The molecular formula is C16H20F3NO4. The van der Waals surface area contributed by atoms with Crippen LogP contribution in [0.3, 0.4) is 0 Å². The molecule has 0 saturated heterocycles. The van der Waals surface area contributed by atoms with Gasteiger partial charge in [0.05, 0.1) is 18.1 Å². The highest BCUT2D eigenvalue weighted by atomic mass is 19.4. The second kappa shape index (κ2) is 8.03. The molecule has 1 aromatic rings. The van der Waals surface area contributed by atoms with Gasteiger partial charge in [-0.2, -0.15) is 13.2 Å². The van der Waals surface area contributed by atoms with Crippen LogP contribution in [0.1, 0.15) is 43.1 Å². The number of rotatable bonds is 6. The van der Waals surface area contributed by atoms with Crippen molar-refractivity contribution < 1.29 is 32.6 Å². The molecule has 8 heteroatoms. The number of esters is 1. The molecule has 0 saturated carbocycles. The average molecular weight is 347 g/mol. The van der Waals surface area contributed by atoms with E-state index in [9.17, 15) is 27.9 Å². The number of hydrogen-bond donors (Lipinski definition) is 2. The summed E-state index contributed by atoms with van der Waals surface area (Å²) in [6.45, 7) is 5.21. The number of ether oxygens (including phenoxy) is 1. The zero-order chi connectivity index (χ0) is 18.5. The van der Waals surface area contributed by atoms with Gasteiger partial charge in [0.1, 0.15) is 5.75 Å². The summed E-state index contributed by atoms with van der Waals surface area (Å²) in [5, 5.41) is 11.8. The summed E-state index contributed by atoms with van der Waals surface area (Å²) in [5.41, 5.74) is -1.50. The maximum Gasteiger partial charge on any atom is 0.419 e. The molecule has 0 aromatic heterocycles. The van der Waals surface area contributed by atoms with Gasteiger partial charge in [0.2, 0.25) is 0 Å². The Morgan fingerprint density at radius 2 is 1.92 bits per heavy atom. The molecule has 0 heterocycles. The van der Waals surface area contributed by atoms with E-state index < -0.39 is 41.3 Å². The molecule has 0 aliphatic rings. The first-order valence-corrected chi connectivity index (χ1v) is 7.44. The summed E-state index contributed by atoms with van der Waals surface area (Å²) < 4.78 is 43.1. The fraction of sp³-hybridized carbons (Fsp3) is 0.500. The molecule has 134 valence electrons. The Labute approximate surface area is 137 Å². The van der Waals surface area contributed by atoms with Gasteiger partial charge in [-0.3, -0.25) is 9.59 Å². The van der Waals surface area contributed by atoms with E-state index in [1.165, 1.54) is 0 Å². The molecule has 2 N–H and O–H groups in total. The van der Waals surface area contributed by atoms with E-state index in [1.54, 1.807) is 20.8 Å². The van der Waals surface area contributed by atoms with Gasteiger partial charge in [-0.1, -0.05) is 6.92 Å². The molecule has 2 unspecified atom stereocenters. The Hall–Kier alpha value is -2.25. The minimum Gasteiger partial charge on any atom is -0.507 e. The second-order valence-electron chi connectivity index (χ2n) is 5.49. The van der Waals surface area contributed by atoms with Crippen molar-refractivity contribution in [3.8, 4) is 5.75 Å². The molecule has 0 aliphatic heterocycles. The predicted octanol–water partition coefficient (Wildman–Crippen LogP) is 3.12. The molecule has 2 atom stereocenters. The van der Waals surface area contributed by atoms with Gasteiger partial charge in [0.15, 0.2) is 0 Å². The van der Waals surface area contributed by atoms with Gasteiger partial charge in [-0.05, 0) is 38.5 Å². The fourth-order valence-corrected chi connectivity index (χ4v) is 2.18. The van der Waals surface area contributed by atoms with Crippen molar-refractivity contribution in [1.82, 2.24) is 5.32 Å². The average Bonchev–Trinajstić information content (AvgIpc) is 2.46. The summed E-state index contributed by atoms with van der Waals surface area (Å²) in [4.78, 5) is 23.6. The lowest BCUT2D eigenvalue weighted by molar-refractivity contribution is -0.147. The Bertz CT molecular complexity index is 601. The zero-order valence-corrected chi connectivity index (χ0v) is 13.6. The highest BCUT2D eigenvalue weighted by Gasteiger charge is 2.34. The van der Waals surface area contributed by atoms with Gasteiger partial charge in [-0.25, -0.2) is 0 Å². The SMILES string of the molecule is CCOC(=O)C(C)CC(C)NC(=O)c1ccc(O)c(C(F)(F)F)c1. The number of hydrogen-bond acceptors (Lipinski definition) is 4. The van der Waals surface area contributed by atoms with Crippen LogP contribution in [-0.2, 0) is 15.7 Å². The molecular weight excluding hydrogens is 327 g/mol. The van der Waals surface area contributed by atoms with Crippen LogP contribution in [0.2, 0.25) is 0 Å². The first-order valence-electron chi connectivity index (χ1n) is 7.44. The van der Waals surface area contributed by atoms with Crippen molar-refractivity contribution in [2.45, 2.75) is 39.4 Å². The minimum absolute atomic E-state index is 0.226. The summed E-state index contributed by atoms with van der Waals surface area (Å²) in [6, 6.07) is 2.07. The monoisotopic (exact) mass is 347 g/mol. The quantitative estimate of drug-likeness (QED) is 0.776. The highest BCUT2D eigenvalue weighted by molar-refractivity contribution is 5.94. The summed E-state index contributed by atoms with van der Waals surface area (Å²) in [5.74, 6) is -2.51. The number of carbonyl (C=O) groups excluding carboxylic acids is 2. The van der Waals surface area contributed by atoms with Crippen molar-refractivity contribution in [3.63, 3.8) is 0 Å². The van der Waals surface area contributed by atoms with Crippen LogP contribution in [-0.4, -0.2) is 29.6 Å². The van der Waals surface area contributed by atoms with Crippen LogP contribution in [0, 0.1) is 5.92 Å². The Balaban J connectivity index is 2.76. The lowest BCUT2D eigenvalue weighted by atomic mass is 10.0. The van der Waals surface area contributed by atoms with E-state index in [1.807, 2.05) is 0 Å². The molecule has 0 spiro atoms. The third-order valence-electron chi connectivity index (χ3n) is 3.34. The van der Waals surface area contributed by atoms with Gasteiger partial charge < -0.3 is 15.2 Å². The number of aromatic hydroxyl groups is 1. The Kier molecular flexibility index (Phi) is 6.62. The fourth-order valence-electron chi connectivity index (χ4n) is 2.18. The number of nitrogens with one attached hydrogen (secondary N) is 1. The van der Waals surface area contributed by atoms with Crippen molar-refractivity contribution >= 4 is 11.9 Å². The van der Waals surface area contributed by atoms with Crippen molar-refractivity contribution in [2.24, 2.45) is 5.92 Å². The molecule has 0 radical (unpaired) electrons. The lowest BCUT2D eigenvalue weighted by Crippen LogP contribution is -2.35. The molecule has 0 fully saturated rings. The van der Waals surface area contributed by atoms with Gasteiger partial charge >= 0.3 is 12.1 Å². The van der Waals surface area contributed by atoms with Crippen LogP contribution < -0.4 is 5.32 Å². The molecule has 0 bridgehead atoms. The smallest absolute Gasteiger partial charge is 0.419 e. The molecule has 1 rings (SSSR count). The van der Waals surface area contributed by atoms with E-state index >= 15 is 0 Å². The number of alkyl halides is 3. The number of phenolic OH excluding ortho intramolecular Hbond substituents is 1. The van der Waals surface area contributed by atoms with E-state index in [2.05, 4.69) is 5.32 Å². The number of phenols is 1. The van der Waals surface area contributed by atoms with Gasteiger partial charge in [-0.15, -0.1) is 0 Å². The van der Waals surface area contributed by atoms with Crippen molar-refractivity contribution in [3.05, 3.63) is 29.3 Å². The van der Waals surface area contributed by atoms with Crippen LogP contribution in [0.5, 0.6) is 5.75 Å². The van der Waals surface area contributed by atoms with Gasteiger partial charge in [0.25, 0.3) is 5.91 Å². The molecule has 1 amide bonds. The Morgan fingerprint density at radius 3 is 2.46 bits per heavy atom. The second-order valence-corrected chi connectivity index (χ2v) is 5.49. The van der Waals surface area contributed by atoms with E-state index in [0.717, 1.165) is 12.1 Å². The van der Waals surface area contributed by atoms with Crippen molar-refractivity contribution in [2.75, 3.05) is 6.61 Å². The van der Waals surface area contributed by atoms with E-state index in [0.29, 0.717) is 6.07 Å². The van der Waals surface area contributed by atoms with Crippen LogP contribution >= 0.6 is 0 Å². The minimum atomic E-state index is -4.76. The standard InChI is InChI=1S/C16H20F3NO4/c1-4-24-15(23)9(2)7-10(3)20-14(22)11-5-6-13(21)12(8-11)16(17,18)19/h5-6,8-10,21H,4,7H2,1-3H3,(H,20,22). The lowest BCUT2D eigenvalue weighted by Gasteiger charge is -2.18. The Morgan fingerprint density at radius 1 is 1.29 bits per heavy atom.